The smallest absolute Gasteiger partial charge is 0.123 e. The number of piperidine rings is 1. The van der Waals surface area contributed by atoms with Crippen LogP contribution in [0.25, 0.3) is 0 Å². The molecule has 2 atom stereocenters. The van der Waals surface area contributed by atoms with Crippen molar-refractivity contribution in [1.29, 1.82) is 0 Å². The van der Waals surface area contributed by atoms with E-state index in [9.17, 15) is 8.78 Å². The molecule has 4 rings (SSSR count). The Kier molecular flexibility index (Phi) is 7.73. The van der Waals surface area contributed by atoms with Crippen LogP contribution in [-0.4, -0.2) is 30.6 Å². The molecule has 3 nitrogen and oxygen atoms in total. The number of rotatable bonds is 9. The summed E-state index contributed by atoms with van der Waals surface area (Å²) in [4.78, 5) is 2.52. The van der Waals surface area contributed by atoms with Gasteiger partial charge in [0.2, 0.25) is 0 Å². The third-order valence-electron chi connectivity index (χ3n) is 6.05. The van der Waals surface area contributed by atoms with Crippen LogP contribution >= 0.6 is 0 Å². The summed E-state index contributed by atoms with van der Waals surface area (Å²) in [7, 11) is 0. The Labute approximate surface area is 189 Å². The number of hydrogen-bond donors (Lipinski definition) is 1. The maximum absolute atomic E-state index is 13.6. The lowest BCUT2D eigenvalue weighted by molar-refractivity contribution is 0.122. The molecule has 1 saturated heterocycles. The Morgan fingerprint density at radius 1 is 0.875 bits per heavy atom. The van der Waals surface area contributed by atoms with Gasteiger partial charge in [0.15, 0.2) is 0 Å². The van der Waals surface area contributed by atoms with Gasteiger partial charge in [-0.2, -0.15) is 0 Å². The van der Waals surface area contributed by atoms with Crippen LogP contribution in [0.1, 0.15) is 37.3 Å². The van der Waals surface area contributed by atoms with E-state index >= 15 is 0 Å². The summed E-state index contributed by atoms with van der Waals surface area (Å²) in [6.45, 7) is 2.62. The molecule has 3 aromatic rings. The van der Waals surface area contributed by atoms with Crippen molar-refractivity contribution in [3.05, 3.63) is 96.1 Å². The molecule has 0 amide bonds. The number of nitrogens with zero attached hydrogens (tertiary/aromatic N) is 1. The van der Waals surface area contributed by atoms with E-state index in [0.29, 0.717) is 6.61 Å². The number of ether oxygens (including phenoxy) is 1. The lowest BCUT2D eigenvalue weighted by Gasteiger charge is -2.41. The van der Waals surface area contributed by atoms with E-state index in [0.717, 1.165) is 49.4 Å². The highest BCUT2D eigenvalue weighted by atomic mass is 19.1. The lowest BCUT2D eigenvalue weighted by atomic mass is 9.90. The van der Waals surface area contributed by atoms with Crippen molar-refractivity contribution in [2.75, 3.05) is 25.0 Å². The molecule has 0 saturated carbocycles. The van der Waals surface area contributed by atoms with Gasteiger partial charge in [-0.15, -0.1) is 0 Å². The normalized spacial score (nSPS) is 17.6. The topological polar surface area (TPSA) is 24.5 Å². The van der Waals surface area contributed by atoms with Gasteiger partial charge in [0.1, 0.15) is 17.4 Å². The number of para-hydroxylation sites is 1. The second-order valence-corrected chi connectivity index (χ2v) is 8.29. The fraction of sp³-hybridized carbons (Fsp3) is 0.333. The molecule has 0 aliphatic carbocycles. The molecule has 1 aliphatic rings. The first-order chi connectivity index (χ1) is 15.7. The second-order valence-electron chi connectivity index (χ2n) is 8.29. The molecular weight excluding hydrogens is 406 g/mol. The maximum Gasteiger partial charge on any atom is 0.123 e. The monoisotopic (exact) mass is 436 g/mol. The van der Waals surface area contributed by atoms with Crippen LogP contribution in [0, 0.1) is 11.6 Å². The Balaban J connectivity index is 1.46. The highest BCUT2D eigenvalue weighted by Gasteiger charge is 2.31. The van der Waals surface area contributed by atoms with E-state index in [4.69, 9.17) is 4.74 Å². The molecule has 0 aromatic heterocycles. The van der Waals surface area contributed by atoms with Crippen LogP contribution in [0.2, 0.25) is 0 Å². The maximum atomic E-state index is 13.6. The first-order valence-corrected chi connectivity index (χ1v) is 11.4. The van der Waals surface area contributed by atoms with Gasteiger partial charge in [-0.05, 0) is 79.9 Å². The molecule has 1 fully saturated rings. The highest BCUT2D eigenvalue weighted by Crippen LogP contribution is 2.32. The molecule has 1 N–H and O–H groups in total. The van der Waals surface area contributed by atoms with Crippen LogP contribution in [0.5, 0.6) is 5.75 Å². The van der Waals surface area contributed by atoms with Crippen LogP contribution in [0.15, 0.2) is 78.9 Å². The Hall–Kier alpha value is -2.92. The Bertz CT molecular complexity index is 948. The van der Waals surface area contributed by atoms with Crippen molar-refractivity contribution in [1.82, 2.24) is 4.90 Å². The summed E-state index contributed by atoms with van der Waals surface area (Å²) in [6.07, 6.45) is 4.31. The molecule has 1 aliphatic heterocycles. The predicted octanol–water partition coefficient (Wildman–Crippen LogP) is 6.44. The second kappa shape index (κ2) is 11.1. The van der Waals surface area contributed by atoms with Crippen LogP contribution in [0.3, 0.4) is 0 Å². The van der Waals surface area contributed by atoms with Crippen molar-refractivity contribution in [3.8, 4) is 5.75 Å². The predicted molar refractivity (Wildman–Crippen MR) is 125 cm³/mol. The van der Waals surface area contributed by atoms with Gasteiger partial charge in [0.05, 0.1) is 12.6 Å². The molecule has 1 heterocycles. The fourth-order valence-corrected chi connectivity index (χ4v) is 4.44. The fourth-order valence-electron chi connectivity index (χ4n) is 4.44. The minimum Gasteiger partial charge on any atom is -0.494 e. The first-order valence-electron chi connectivity index (χ1n) is 11.4. The molecule has 3 aromatic carbocycles. The van der Waals surface area contributed by atoms with Crippen molar-refractivity contribution < 1.29 is 13.5 Å². The van der Waals surface area contributed by atoms with Crippen LogP contribution in [-0.2, 0) is 0 Å². The quantitative estimate of drug-likeness (QED) is 0.391. The minimum absolute atomic E-state index is 0.0172. The van der Waals surface area contributed by atoms with Gasteiger partial charge in [-0.25, -0.2) is 8.78 Å². The molecule has 5 heteroatoms. The number of hydrogen-bond acceptors (Lipinski definition) is 3. The van der Waals surface area contributed by atoms with Crippen LogP contribution < -0.4 is 10.1 Å². The molecule has 32 heavy (non-hydrogen) atoms. The number of halogens is 2. The standard InChI is InChI=1S/C27H30F2N2O/c28-22-12-10-21(11-13-22)27(30-24-16-14-23(29)15-17-24)26-9-4-5-18-31(26)19-6-20-32-25-7-2-1-3-8-25/h1-3,7-8,10-17,26-27,30H,4-6,9,18-20H2. The van der Waals surface area contributed by atoms with E-state index in [1.54, 1.807) is 12.1 Å². The molecule has 2 unspecified atom stereocenters. The Morgan fingerprint density at radius 2 is 1.56 bits per heavy atom. The zero-order chi connectivity index (χ0) is 22.2. The van der Waals surface area contributed by atoms with Gasteiger partial charge in [0, 0.05) is 18.3 Å². The van der Waals surface area contributed by atoms with E-state index in [2.05, 4.69) is 10.2 Å². The van der Waals surface area contributed by atoms with Gasteiger partial charge in [-0.1, -0.05) is 36.8 Å². The van der Waals surface area contributed by atoms with E-state index in [1.165, 1.54) is 30.7 Å². The van der Waals surface area contributed by atoms with Gasteiger partial charge in [-0.3, -0.25) is 4.90 Å². The Morgan fingerprint density at radius 3 is 2.28 bits per heavy atom. The summed E-state index contributed by atoms with van der Waals surface area (Å²) < 4.78 is 32.9. The van der Waals surface area contributed by atoms with E-state index in [1.807, 2.05) is 42.5 Å². The van der Waals surface area contributed by atoms with E-state index in [-0.39, 0.29) is 23.7 Å². The van der Waals surface area contributed by atoms with Gasteiger partial charge < -0.3 is 10.1 Å². The molecule has 0 radical (unpaired) electrons. The van der Waals surface area contributed by atoms with E-state index < -0.39 is 0 Å². The SMILES string of the molecule is Fc1ccc(NC(c2ccc(F)cc2)C2CCCCN2CCCOc2ccccc2)cc1. The largest absolute Gasteiger partial charge is 0.494 e. The van der Waals surface area contributed by atoms with Gasteiger partial charge >= 0.3 is 0 Å². The molecule has 0 spiro atoms. The summed E-state index contributed by atoms with van der Waals surface area (Å²) in [5, 5.41) is 3.60. The average Bonchev–Trinajstić information content (AvgIpc) is 2.83. The van der Waals surface area contributed by atoms with Gasteiger partial charge in [0.25, 0.3) is 0 Å². The minimum atomic E-state index is -0.258. The zero-order valence-electron chi connectivity index (χ0n) is 18.2. The zero-order valence-corrected chi connectivity index (χ0v) is 18.2. The summed E-state index contributed by atoms with van der Waals surface area (Å²) in [5.41, 5.74) is 1.90. The third kappa shape index (κ3) is 6.07. The summed E-state index contributed by atoms with van der Waals surface area (Å²) >= 11 is 0. The van der Waals surface area contributed by atoms with Crippen LogP contribution in [0.4, 0.5) is 14.5 Å². The number of benzene rings is 3. The molecule has 0 bridgehead atoms. The van der Waals surface area contributed by atoms with Crippen molar-refractivity contribution in [2.45, 2.75) is 37.8 Å². The average molecular weight is 437 g/mol. The number of likely N-dealkylation sites (tertiary alicyclic amines) is 1. The van der Waals surface area contributed by atoms with Crippen molar-refractivity contribution in [2.24, 2.45) is 0 Å². The third-order valence-corrected chi connectivity index (χ3v) is 6.05. The number of nitrogens with one attached hydrogen (secondary N) is 1. The van der Waals surface area contributed by atoms with Crippen molar-refractivity contribution in [3.63, 3.8) is 0 Å². The summed E-state index contributed by atoms with van der Waals surface area (Å²) in [5.74, 6) is 0.393. The molecule has 168 valence electrons. The van der Waals surface area contributed by atoms with Crippen molar-refractivity contribution >= 4 is 5.69 Å². The summed E-state index contributed by atoms with van der Waals surface area (Å²) in [6, 6.07) is 23.3. The first kappa shape index (κ1) is 22.3. The highest BCUT2D eigenvalue weighted by molar-refractivity contribution is 5.46. The number of anilines is 1. The molecular formula is C27H30F2N2O. The lowest BCUT2D eigenvalue weighted by Crippen LogP contribution is -2.46.